The zero-order valence-electron chi connectivity index (χ0n) is 13.7. The van der Waals surface area contributed by atoms with E-state index in [-0.39, 0.29) is 17.7 Å². The smallest absolute Gasteiger partial charge is 0.232 e. The number of anilines is 1. The van der Waals surface area contributed by atoms with Crippen molar-refractivity contribution in [3.05, 3.63) is 59.1 Å². The summed E-state index contributed by atoms with van der Waals surface area (Å²) in [6, 6.07) is 15.0. The van der Waals surface area contributed by atoms with E-state index in [9.17, 15) is 4.79 Å². The third kappa shape index (κ3) is 4.26. The van der Waals surface area contributed by atoms with E-state index in [0.29, 0.717) is 16.5 Å². The SMILES string of the molecule is CC[C@H](C)[C@@H](C(=O)Nc1cc(Cl)ccc1OC)c1ccccc1. The number of halogens is 1. The van der Waals surface area contributed by atoms with E-state index in [0.717, 1.165) is 12.0 Å². The minimum Gasteiger partial charge on any atom is -0.495 e. The van der Waals surface area contributed by atoms with Crippen molar-refractivity contribution in [2.45, 2.75) is 26.2 Å². The molecule has 0 aliphatic carbocycles. The molecule has 2 atom stereocenters. The van der Waals surface area contributed by atoms with Crippen molar-refractivity contribution in [2.24, 2.45) is 5.92 Å². The summed E-state index contributed by atoms with van der Waals surface area (Å²) in [6.07, 6.45) is 0.916. The number of ether oxygens (including phenoxy) is 1. The van der Waals surface area contributed by atoms with Crippen LogP contribution in [0.4, 0.5) is 5.69 Å². The first-order valence-electron chi connectivity index (χ1n) is 7.76. The topological polar surface area (TPSA) is 38.3 Å². The number of carbonyl (C=O) groups excluding carboxylic acids is 1. The van der Waals surface area contributed by atoms with Gasteiger partial charge in [-0.3, -0.25) is 4.79 Å². The number of methoxy groups -OCH3 is 1. The Labute approximate surface area is 142 Å². The Kier molecular flexibility index (Phi) is 6.05. The predicted molar refractivity (Wildman–Crippen MR) is 95.3 cm³/mol. The second kappa shape index (κ2) is 8.02. The zero-order valence-corrected chi connectivity index (χ0v) is 14.4. The van der Waals surface area contributed by atoms with Gasteiger partial charge in [0.05, 0.1) is 18.7 Å². The molecule has 2 rings (SSSR count). The van der Waals surface area contributed by atoms with E-state index in [1.54, 1.807) is 25.3 Å². The molecule has 0 aliphatic heterocycles. The molecule has 4 heteroatoms. The van der Waals surface area contributed by atoms with Crippen LogP contribution in [-0.4, -0.2) is 13.0 Å². The van der Waals surface area contributed by atoms with Crippen molar-refractivity contribution < 1.29 is 9.53 Å². The van der Waals surface area contributed by atoms with Crippen LogP contribution in [0.5, 0.6) is 5.75 Å². The minimum absolute atomic E-state index is 0.0499. The van der Waals surface area contributed by atoms with E-state index in [1.165, 1.54) is 0 Å². The molecular formula is C19H22ClNO2. The highest BCUT2D eigenvalue weighted by molar-refractivity contribution is 6.31. The van der Waals surface area contributed by atoms with Gasteiger partial charge in [-0.2, -0.15) is 0 Å². The maximum absolute atomic E-state index is 12.9. The summed E-state index contributed by atoms with van der Waals surface area (Å²) in [5.74, 6) is 0.553. The van der Waals surface area contributed by atoms with Gasteiger partial charge in [-0.1, -0.05) is 62.2 Å². The number of amides is 1. The summed E-state index contributed by atoms with van der Waals surface area (Å²) in [5.41, 5.74) is 1.61. The first-order valence-corrected chi connectivity index (χ1v) is 8.14. The van der Waals surface area contributed by atoms with Crippen molar-refractivity contribution >= 4 is 23.2 Å². The Morgan fingerprint density at radius 2 is 1.91 bits per heavy atom. The van der Waals surface area contributed by atoms with Gasteiger partial charge in [-0.05, 0) is 29.7 Å². The first-order chi connectivity index (χ1) is 11.1. The fourth-order valence-electron chi connectivity index (χ4n) is 2.62. The Morgan fingerprint density at radius 1 is 1.22 bits per heavy atom. The molecule has 0 aliphatic rings. The van der Waals surface area contributed by atoms with Gasteiger partial charge in [0.15, 0.2) is 0 Å². The number of hydrogen-bond donors (Lipinski definition) is 1. The highest BCUT2D eigenvalue weighted by Gasteiger charge is 2.26. The molecule has 0 saturated heterocycles. The molecule has 3 nitrogen and oxygen atoms in total. The number of benzene rings is 2. The predicted octanol–water partition coefficient (Wildman–Crippen LogP) is 5.12. The standard InChI is InChI=1S/C19H22ClNO2/c1-4-13(2)18(14-8-6-5-7-9-14)19(22)21-16-12-15(20)10-11-17(16)23-3/h5-13,18H,4H2,1-3H3,(H,21,22)/t13-,18+/m0/s1. The zero-order chi connectivity index (χ0) is 16.8. The van der Waals surface area contributed by atoms with Gasteiger partial charge < -0.3 is 10.1 Å². The highest BCUT2D eigenvalue weighted by atomic mass is 35.5. The van der Waals surface area contributed by atoms with Crippen LogP contribution in [0.25, 0.3) is 0 Å². The second-order valence-electron chi connectivity index (χ2n) is 5.61. The summed E-state index contributed by atoms with van der Waals surface area (Å²) in [5, 5.41) is 3.52. The average Bonchev–Trinajstić information content (AvgIpc) is 2.56. The van der Waals surface area contributed by atoms with Crippen LogP contribution in [0.3, 0.4) is 0 Å². The molecule has 1 N–H and O–H groups in total. The van der Waals surface area contributed by atoms with Crippen LogP contribution < -0.4 is 10.1 Å². The molecule has 0 radical (unpaired) electrons. The third-order valence-electron chi connectivity index (χ3n) is 4.07. The maximum Gasteiger partial charge on any atom is 0.232 e. The van der Waals surface area contributed by atoms with Gasteiger partial charge >= 0.3 is 0 Å². The maximum atomic E-state index is 12.9. The molecule has 23 heavy (non-hydrogen) atoms. The normalized spacial score (nSPS) is 13.2. The first kappa shape index (κ1) is 17.4. The van der Waals surface area contributed by atoms with E-state index < -0.39 is 0 Å². The molecule has 0 aromatic heterocycles. The van der Waals surface area contributed by atoms with Crippen molar-refractivity contribution in [1.29, 1.82) is 0 Å². The average molecular weight is 332 g/mol. The lowest BCUT2D eigenvalue weighted by Gasteiger charge is -2.23. The molecule has 0 spiro atoms. The van der Waals surface area contributed by atoms with Crippen LogP contribution in [0, 0.1) is 5.92 Å². The Bertz CT molecular complexity index is 658. The molecule has 2 aromatic rings. The van der Waals surface area contributed by atoms with Crippen LogP contribution in [0.2, 0.25) is 5.02 Å². The van der Waals surface area contributed by atoms with Gasteiger partial charge in [0.2, 0.25) is 5.91 Å². The number of nitrogens with one attached hydrogen (secondary N) is 1. The second-order valence-corrected chi connectivity index (χ2v) is 6.04. The van der Waals surface area contributed by atoms with Gasteiger partial charge in [-0.25, -0.2) is 0 Å². The Morgan fingerprint density at radius 3 is 2.52 bits per heavy atom. The minimum atomic E-state index is -0.218. The fourth-order valence-corrected chi connectivity index (χ4v) is 2.79. The quantitative estimate of drug-likeness (QED) is 0.798. The van der Waals surface area contributed by atoms with Crippen LogP contribution >= 0.6 is 11.6 Å². The Hall–Kier alpha value is -2.00. The highest BCUT2D eigenvalue weighted by Crippen LogP contribution is 2.32. The van der Waals surface area contributed by atoms with Crippen LogP contribution in [0.1, 0.15) is 31.7 Å². The number of carbonyl (C=O) groups is 1. The summed E-state index contributed by atoms with van der Waals surface area (Å²) >= 11 is 6.04. The summed E-state index contributed by atoms with van der Waals surface area (Å²) in [6.45, 7) is 4.18. The van der Waals surface area contributed by atoms with E-state index in [4.69, 9.17) is 16.3 Å². The summed E-state index contributed by atoms with van der Waals surface area (Å²) < 4.78 is 5.30. The fraction of sp³-hybridized carbons (Fsp3) is 0.316. The van der Waals surface area contributed by atoms with Crippen LogP contribution in [0.15, 0.2) is 48.5 Å². The van der Waals surface area contributed by atoms with Gasteiger partial charge in [-0.15, -0.1) is 0 Å². The van der Waals surface area contributed by atoms with Crippen molar-refractivity contribution in [1.82, 2.24) is 0 Å². The summed E-state index contributed by atoms with van der Waals surface area (Å²) in [7, 11) is 1.57. The van der Waals surface area contributed by atoms with Gasteiger partial charge in [0.1, 0.15) is 5.75 Å². The molecule has 122 valence electrons. The molecule has 0 fully saturated rings. The van der Waals surface area contributed by atoms with Crippen molar-refractivity contribution in [3.8, 4) is 5.75 Å². The third-order valence-corrected chi connectivity index (χ3v) is 4.31. The molecular weight excluding hydrogens is 310 g/mol. The number of hydrogen-bond acceptors (Lipinski definition) is 2. The molecule has 0 unspecified atom stereocenters. The van der Waals surface area contributed by atoms with Gasteiger partial charge in [0, 0.05) is 5.02 Å². The molecule has 0 bridgehead atoms. The van der Waals surface area contributed by atoms with E-state index in [1.807, 2.05) is 30.3 Å². The van der Waals surface area contributed by atoms with Crippen molar-refractivity contribution in [2.75, 3.05) is 12.4 Å². The largest absolute Gasteiger partial charge is 0.495 e. The lowest BCUT2D eigenvalue weighted by atomic mass is 9.85. The molecule has 1 amide bonds. The molecule has 0 saturated carbocycles. The molecule has 2 aromatic carbocycles. The van der Waals surface area contributed by atoms with Crippen molar-refractivity contribution in [3.63, 3.8) is 0 Å². The monoisotopic (exact) mass is 331 g/mol. The van der Waals surface area contributed by atoms with E-state index in [2.05, 4.69) is 19.2 Å². The van der Waals surface area contributed by atoms with Crippen LogP contribution in [-0.2, 0) is 4.79 Å². The lowest BCUT2D eigenvalue weighted by molar-refractivity contribution is -0.118. The summed E-state index contributed by atoms with van der Waals surface area (Å²) in [4.78, 5) is 12.9. The van der Waals surface area contributed by atoms with E-state index >= 15 is 0 Å². The molecule has 0 heterocycles. The number of rotatable bonds is 6. The lowest BCUT2D eigenvalue weighted by Crippen LogP contribution is -2.26. The van der Waals surface area contributed by atoms with Gasteiger partial charge in [0.25, 0.3) is 0 Å². The Balaban J connectivity index is 2.30.